The number of benzene rings is 2. The third-order valence-electron chi connectivity index (χ3n) is 4.37. The van der Waals surface area contributed by atoms with Gasteiger partial charge in [0.25, 0.3) is 5.56 Å². The van der Waals surface area contributed by atoms with Crippen molar-refractivity contribution in [3.8, 4) is 11.1 Å². The zero-order chi connectivity index (χ0) is 19.0. The van der Waals surface area contributed by atoms with Gasteiger partial charge >= 0.3 is 0 Å². The number of thioether (sulfide) groups is 1. The summed E-state index contributed by atoms with van der Waals surface area (Å²) in [4.78, 5) is 18.5. The minimum atomic E-state index is -0.115. The van der Waals surface area contributed by atoms with Crippen LogP contribution < -0.4 is 5.56 Å². The molecule has 2 aromatic heterocycles. The lowest BCUT2D eigenvalue weighted by Gasteiger charge is -2.04. The van der Waals surface area contributed by atoms with Crippen LogP contribution in [-0.2, 0) is 5.75 Å². The van der Waals surface area contributed by atoms with Gasteiger partial charge < -0.3 is 0 Å². The van der Waals surface area contributed by atoms with Crippen molar-refractivity contribution in [1.29, 1.82) is 0 Å². The lowest BCUT2D eigenvalue weighted by atomic mass is 10.1. The molecule has 0 amide bonds. The smallest absolute Gasteiger partial charge is 0.272 e. The Morgan fingerprint density at radius 2 is 1.89 bits per heavy atom. The first-order chi connectivity index (χ1) is 13.0. The number of aromatic nitrogens is 3. The number of hydrogen-bond acceptors (Lipinski definition) is 3. The van der Waals surface area contributed by atoms with Crippen LogP contribution in [0.15, 0.2) is 64.3 Å². The minimum absolute atomic E-state index is 0.115. The van der Waals surface area contributed by atoms with Gasteiger partial charge in [-0.3, -0.25) is 9.89 Å². The van der Waals surface area contributed by atoms with Crippen molar-refractivity contribution in [2.45, 2.75) is 24.5 Å². The van der Waals surface area contributed by atoms with Gasteiger partial charge in [0.2, 0.25) is 0 Å². The van der Waals surface area contributed by atoms with Crippen molar-refractivity contribution in [3.05, 3.63) is 86.9 Å². The van der Waals surface area contributed by atoms with Crippen LogP contribution in [0.25, 0.3) is 16.8 Å². The van der Waals surface area contributed by atoms with Crippen molar-refractivity contribution in [1.82, 2.24) is 14.6 Å². The fourth-order valence-electron chi connectivity index (χ4n) is 3.05. The maximum absolute atomic E-state index is 12.6. The molecule has 0 fully saturated rings. The first-order valence-electron chi connectivity index (χ1n) is 8.58. The van der Waals surface area contributed by atoms with E-state index >= 15 is 0 Å². The third-order valence-corrected chi connectivity index (χ3v) is 5.65. The molecule has 0 aliphatic heterocycles. The molecule has 4 nitrogen and oxygen atoms in total. The molecule has 0 aliphatic rings. The molecule has 6 heteroatoms. The van der Waals surface area contributed by atoms with E-state index in [1.165, 1.54) is 10.1 Å². The van der Waals surface area contributed by atoms with E-state index in [9.17, 15) is 4.79 Å². The van der Waals surface area contributed by atoms with E-state index in [0.717, 1.165) is 27.4 Å². The highest BCUT2D eigenvalue weighted by molar-refractivity contribution is 7.98. The van der Waals surface area contributed by atoms with Crippen molar-refractivity contribution in [3.63, 3.8) is 0 Å². The number of aryl methyl sites for hydroxylation is 2. The fraction of sp³-hybridized carbons (Fsp3) is 0.143. The van der Waals surface area contributed by atoms with Crippen LogP contribution in [0, 0.1) is 13.8 Å². The summed E-state index contributed by atoms with van der Waals surface area (Å²) < 4.78 is 1.49. The van der Waals surface area contributed by atoms with Gasteiger partial charge in [-0.05, 0) is 43.7 Å². The first kappa shape index (κ1) is 17.9. The second-order valence-corrected chi connectivity index (χ2v) is 7.95. The highest BCUT2D eigenvalue weighted by Crippen LogP contribution is 2.29. The normalized spacial score (nSPS) is 11.2. The molecule has 27 heavy (non-hydrogen) atoms. The molecular weight excluding hydrogens is 378 g/mol. The summed E-state index contributed by atoms with van der Waals surface area (Å²) in [6.45, 7) is 4.00. The van der Waals surface area contributed by atoms with Gasteiger partial charge in [0, 0.05) is 33.0 Å². The molecule has 0 saturated heterocycles. The maximum atomic E-state index is 12.6. The molecule has 4 aromatic rings. The van der Waals surface area contributed by atoms with Gasteiger partial charge in [-0.2, -0.15) is 0 Å². The van der Waals surface area contributed by atoms with E-state index in [2.05, 4.69) is 36.3 Å². The van der Waals surface area contributed by atoms with Gasteiger partial charge in [0.15, 0.2) is 5.65 Å². The molecule has 0 aliphatic carbocycles. The zero-order valence-corrected chi connectivity index (χ0v) is 16.6. The zero-order valence-electron chi connectivity index (χ0n) is 15.0. The van der Waals surface area contributed by atoms with Crippen LogP contribution in [0.5, 0.6) is 0 Å². The molecule has 0 saturated carbocycles. The largest absolute Gasteiger partial charge is 0.293 e. The Morgan fingerprint density at radius 1 is 1.11 bits per heavy atom. The molecular formula is C21H18ClN3OS. The maximum Gasteiger partial charge on any atom is 0.272 e. The summed E-state index contributed by atoms with van der Waals surface area (Å²) in [6, 6.07) is 17.5. The minimum Gasteiger partial charge on any atom is -0.293 e. The Morgan fingerprint density at radius 3 is 2.63 bits per heavy atom. The number of hydrogen-bond donors (Lipinski definition) is 1. The van der Waals surface area contributed by atoms with Crippen LogP contribution in [0.4, 0.5) is 0 Å². The summed E-state index contributed by atoms with van der Waals surface area (Å²) in [7, 11) is 0. The fourth-order valence-corrected chi connectivity index (χ4v) is 4.03. The molecule has 0 radical (unpaired) electrons. The van der Waals surface area contributed by atoms with Crippen LogP contribution in [0.1, 0.15) is 17.0 Å². The molecule has 2 aromatic carbocycles. The molecule has 0 spiro atoms. The second-order valence-electron chi connectivity index (χ2n) is 6.47. The average molecular weight is 396 g/mol. The number of aromatic amines is 1. The Bertz CT molecular complexity index is 1180. The molecule has 0 unspecified atom stereocenters. The Labute approximate surface area is 166 Å². The molecule has 0 bridgehead atoms. The average Bonchev–Trinajstić information content (AvgIpc) is 2.98. The Hall–Kier alpha value is -2.50. The highest BCUT2D eigenvalue weighted by atomic mass is 35.5. The lowest BCUT2D eigenvalue weighted by molar-refractivity contribution is 0.872. The predicted molar refractivity (Wildman–Crippen MR) is 112 cm³/mol. The predicted octanol–water partition coefficient (Wildman–Crippen LogP) is 5.25. The van der Waals surface area contributed by atoms with E-state index in [1.807, 2.05) is 31.2 Å². The topological polar surface area (TPSA) is 50.2 Å². The van der Waals surface area contributed by atoms with Crippen molar-refractivity contribution >= 4 is 29.0 Å². The van der Waals surface area contributed by atoms with Gasteiger partial charge in [-0.15, -0.1) is 11.8 Å². The summed E-state index contributed by atoms with van der Waals surface area (Å²) in [5.74, 6) is 0.633. The summed E-state index contributed by atoms with van der Waals surface area (Å²) in [5.41, 5.74) is 5.22. The van der Waals surface area contributed by atoms with E-state index in [-0.39, 0.29) is 5.56 Å². The summed E-state index contributed by atoms with van der Waals surface area (Å²) in [5, 5.41) is 3.76. The first-order valence-corrected chi connectivity index (χ1v) is 9.94. The molecule has 4 rings (SSSR count). The van der Waals surface area contributed by atoms with Crippen LogP contribution in [0.3, 0.4) is 0 Å². The molecule has 136 valence electrons. The Balaban J connectivity index is 1.74. The van der Waals surface area contributed by atoms with E-state index in [0.29, 0.717) is 16.4 Å². The van der Waals surface area contributed by atoms with E-state index in [1.54, 1.807) is 17.8 Å². The van der Waals surface area contributed by atoms with Crippen molar-refractivity contribution in [2.75, 3.05) is 0 Å². The number of fused-ring (bicyclic) bond motifs is 1. The standard InChI is InChI=1S/C21H18ClN3OS/c1-13-6-8-18(9-7-13)27-12-17-11-19(26)25-21(23-17)20(14(2)24-25)15-4-3-5-16(22)10-15/h3-11,24H,12H2,1-2H3. The number of H-pyrrole nitrogens is 1. The van der Waals surface area contributed by atoms with Gasteiger partial charge in [0.1, 0.15) is 0 Å². The molecule has 2 heterocycles. The number of halogens is 1. The van der Waals surface area contributed by atoms with E-state index in [4.69, 9.17) is 16.6 Å². The quantitative estimate of drug-likeness (QED) is 0.480. The van der Waals surface area contributed by atoms with Crippen molar-refractivity contribution < 1.29 is 0 Å². The number of nitrogens with one attached hydrogen (secondary N) is 1. The van der Waals surface area contributed by atoms with Crippen LogP contribution in [0.2, 0.25) is 5.02 Å². The van der Waals surface area contributed by atoms with Crippen LogP contribution >= 0.6 is 23.4 Å². The third kappa shape index (κ3) is 3.66. The highest BCUT2D eigenvalue weighted by Gasteiger charge is 2.15. The van der Waals surface area contributed by atoms with Gasteiger partial charge in [-0.25, -0.2) is 9.50 Å². The van der Waals surface area contributed by atoms with Gasteiger partial charge in [0.05, 0.1) is 5.69 Å². The van der Waals surface area contributed by atoms with E-state index < -0.39 is 0 Å². The van der Waals surface area contributed by atoms with Crippen LogP contribution in [-0.4, -0.2) is 14.6 Å². The number of nitrogens with zero attached hydrogens (tertiary/aromatic N) is 2. The lowest BCUT2D eigenvalue weighted by Crippen LogP contribution is -2.15. The second kappa shape index (κ2) is 7.25. The SMILES string of the molecule is Cc1ccc(SCc2cc(=O)n3[nH]c(C)c(-c4cccc(Cl)c4)c3n2)cc1. The van der Waals surface area contributed by atoms with Crippen molar-refractivity contribution in [2.24, 2.45) is 0 Å². The summed E-state index contributed by atoms with van der Waals surface area (Å²) >= 11 is 7.82. The van der Waals surface area contributed by atoms with Gasteiger partial charge in [-0.1, -0.05) is 41.4 Å². The Kier molecular flexibility index (Phi) is 4.81. The summed E-state index contributed by atoms with van der Waals surface area (Å²) in [6.07, 6.45) is 0. The molecule has 1 N–H and O–H groups in total. The molecule has 0 atom stereocenters. The number of rotatable bonds is 4. The monoisotopic (exact) mass is 395 g/mol.